The predicted molar refractivity (Wildman–Crippen MR) is 127 cm³/mol. The number of sulfonamides is 1. The second-order valence-electron chi connectivity index (χ2n) is 10.1. The summed E-state index contributed by atoms with van der Waals surface area (Å²) in [6, 6.07) is 9.64. The molecular weight excluding hydrogens is 442 g/mol. The second kappa shape index (κ2) is 10.4. The van der Waals surface area contributed by atoms with E-state index in [1.807, 2.05) is 56.0 Å². The van der Waals surface area contributed by atoms with Crippen LogP contribution >= 0.6 is 0 Å². The molecule has 2 aliphatic rings. The molecule has 2 aliphatic heterocycles. The van der Waals surface area contributed by atoms with Gasteiger partial charge >= 0.3 is 6.09 Å². The first-order valence-electron chi connectivity index (χ1n) is 11.7. The lowest BCUT2D eigenvalue weighted by Crippen LogP contribution is -2.55. The maximum atomic E-state index is 13.7. The largest absolute Gasteiger partial charge is 0.444 e. The van der Waals surface area contributed by atoms with Gasteiger partial charge in [0.15, 0.2) is 0 Å². The molecule has 0 spiro atoms. The van der Waals surface area contributed by atoms with Gasteiger partial charge in [-0.3, -0.25) is 4.79 Å². The number of rotatable bonds is 5. The van der Waals surface area contributed by atoms with Crippen LogP contribution < -0.4 is 0 Å². The van der Waals surface area contributed by atoms with Gasteiger partial charge in [-0.25, -0.2) is 17.5 Å². The normalized spacial score (nSPS) is 22.6. The highest BCUT2D eigenvalue weighted by Gasteiger charge is 2.37. The molecule has 0 bridgehead atoms. The minimum absolute atomic E-state index is 0.0387. The fourth-order valence-electron chi connectivity index (χ4n) is 4.55. The molecule has 0 unspecified atom stereocenters. The Bertz CT molecular complexity index is 929. The SMILES string of the molecule is CC(C)(C)OC(=O)N1CCC[C@@H](N(Cc2ccccc2)C(=O)[C@@H]2CCCN(S(C)(=O)=O)C2)C1. The van der Waals surface area contributed by atoms with E-state index in [4.69, 9.17) is 4.74 Å². The van der Waals surface area contributed by atoms with Crippen molar-refractivity contribution in [3.8, 4) is 0 Å². The Morgan fingerprint density at radius 1 is 1.06 bits per heavy atom. The number of carbonyl (C=O) groups is 2. The molecule has 2 heterocycles. The summed E-state index contributed by atoms with van der Waals surface area (Å²) in [4.78, 5) is 30.0. The first kappa shape index (κ1) is 25.5. The minimum Gasteiger partial charge on any atom is -0.444 e. The predicted octanol–water partition coefficient (Wildman–Crippen LogP) is 3.09. The molecular formula is C24H37N3O5S. The van der Waals surface area contributed by atoms with Gasteiger partial charge in [-0.1, -0.05) is 30.3 Å². The topological polar surface area (TPSA) is 87.2 Å². The number of hydrogen-bond donors (Lipinski definition) is 0. The lowest BCUT2D eigenvalue weighted by atomic mass is 9.95. The van der Waals surface area contributed by atoms with Crippen molar-refractivity contribution >= 4 is 22.0 Å². The average molecular weight is 480 g/mol. The van der Waals surface area contributed by atoms with Crippen LogP contribution in [0.25, 0.3) is 0 Å². The van der Waals surface area contributed by atoms with E-state index in [9.17, 15) is 18.0 Å². The van der Waals surface area contributed by atoms with Crippen molar-refractivity contribution in [2.24, 2.45) is 5.92 Å². The zero-order valence-electron chi connectivity index (χ0n) is 20.2. The van der Waals surface area contributed by atoms with Crippen LogP contribution in [0.3, 0.4) is 0 Å². The smallest absolute Gasteiger partial charge is 0.410 e. The zero-order valence-corrected chi connectivity index (χ0v) is 21.0. The van der Waals surface area contributed by atoms with Crippen molar-refractivity contribution in [3.05, 3.63) is 35.9 Å². The van der Waals surface area contributed by atoms with Crippen molar-refractivity contribution in [1.29, 1.82) is 0 Å². The second-order valence-corrected chi connectivity index (χ2v) is 12.1. The fourth-order valence-corrected chi connectivity index (χ4v) is 5.46. The fraction of sp³-hybridized carbons (Fsp3) is 0.667. The molecule has 0 radical (unpaired) electrons. The molecule has 2 saturated heterocycles. The van der Waals surface area contributed by atoms with Crippen LogP contribution in [0.2, 0.25) is 0 Å². The number of amides is 2. The zero-order chi connectivity index (χ0) is 24.2. The summed E-state index contributed by atoms with van der Waals surface area (Å²) >= 11 is 0. The number of ether oxygens (including phenoxy) is 1. The van der Waals surface area contributed by atoms with Crippen LogP contribution in [0.1, 0.15) is 52.0 Å². The highest BCUT2D eigenvalue weighted by Crippen LogP contribution is 2.26. The van der Waals surface area contributed by atoms with Gasteiger partial charge < -0.3 is 14.5 Å². The van der Waals surface area contributed by atoms with Crippen LogP contribution in [0, 0.1) is 5.92 Å². The van der Waals surface area contributed by atoms with E-state index in [-0.39, 0.29) is 30.5 Å². The van der Waals surface area contributed by atoms with Gasteiger partial charge in [0.25, 0.3) is 0 Å². The summed E-state index contributed by atoms with van der Waals surface area (Å²) in [5.74, 6) is -0.419. The monoisotopic (exact) mass is 479 g/mol. The van der Waals surface area contributed by atoms with Crippen molar-refractivity contribution < 1.29 is 22.7 Å². The highest BCUT2D eigenvalue weighted by molar-refractivity contribution is 7.88. The van der Waals surface area contributed by atoms with E-state index in [2.05, 4.69) is 0 Å². The molecule has 184 valence electrons. The van der Waals surface area contributed by atoms with Crippen molar-refractivity contribution in [2.75, 3.05) is 32.4 Å². The number of hydrogen-bond acceptors (Lipinski definition) is 5. The number of benzene rings is 1. The van der Waals surface area contributed by atoms with Crippen LogP contribution in [0.4, 0.5) is 4.79 Å². The third kappa shape index (κ3) is 7.17. The van der Waals surface area contributed by atoms with E-state index >= 15 is 0 Å². The molecule has 0 N–H and O–H groups in total. The Morgan fingerprint density at radius 3 is 2.36 bits per heavy atom. The van der Waals surface area contributed by atoms with E-state index in [0.29, 0.717) is 39.0 Å². The molecule has 1 aromatic rings. The first-order chi connectivity index (χ1) is 15.4. The summed E-state index contributed by atoms with van der Waals surface area (Å²) < 4.78 is 31.2. The average Bonchev–Trinajstić information content (AvgIpc) is 2.76. The van der Waals surface area contributed by atoms with Gasteiger partial charge in [0.05, 0.1) is 12.2 Å². The van der Waals surface area contributed by atoms with Crippen LogP contribution in [-0.2, 0) is 26.1 Å². The summed E-state index contributed by atoms with van der Waals surface area (Å²) in [6.07, 6.45) is 3.74. The third-order valence-electron chi connectivity index (χ3n) is 6.17. The molecule has 0 aromatic heterocycles. The minimum atomic E-state index is -3.35. The van der Waals surface area contributed by atoms with Gasteiger partial charge in [0.1, 0.15) is 5.60 Å². The Morgan fingerprint density at radius 2 is 1.73 bits per heavy atom. The molecule has 2 atom stereocenters. The maximum absolute atomic E-state index is 13.7. The van der Waals surface area contributed by atoms with Crippen LogP contribution in [-0.4, -0.2) is 78.6 Å². The Kier molecular flexibility index (Phi) is 8.05. The summed E-state index contributed by atoms with van der Waals surface area (Å²) in [6.45, 7) is 7.64. The van der Waals surface area contributed by atoms with E-state index in [1.165, 1.54) is 10.6 Å². The van der Waals surface area contributed by atoms with Crippen molar-refractivity contribution in [1.82, 2.24) is 14.1 Å². The van der Waals surface area contributed by atoms with E-state index < -0.39 is 15.6 Å². The summed E-state index contributed by atoms with van der Waals surface area (Å²) in [7, 11) is -3.35. The van der Waals surface area contributed by atoms with Crippen LogP contribution in [0.15, 0.2) is 30.3 Å². The van der Waals surface area contributed by atoms with Gasteiger partial charge in [0.2, 0.25) is 15.9 Å². The lowest BCUT2D eigenvalue weighted by molar-refractivity contribution is -0.141. The number of likely N-dealkylation sites (tertiary alicyclic amines) is 1. The highest BCUT2D eigenvalue weighted by atomic mass is 32.2. The molecule has 0 saturated carbocycles. The number of nitrogens with zero attached hydrogens (tertiary/aromatic N) is 3. The Labute approximate surface area is 197 Å². The van der Waals surface area contributed by atoms with Crippen LogP contribution in [0.5, 0.6) is 0 Å². The van der Waals surface area contributed by atoms with E-state index in [1.54, 1.807) is 4.90 Å². The van der Waals surface area contributed by atoms with Gasteiger partial charge in [-0.05, 0) is 52.0 Å². The maximum Gasteiger partial charge on any atom is 0.410 e. The standard InChI is InChI=1S/C24H37N3O5S/c1-24(2,3)32-23(29)25-14-9-13-21(18-25)27(16-19-10-6-5-7-11-19)22(28)20-12-8-15-26(17-20)33(4,30)31/h5-7,10-11,20-21H,8-9,12-18H2,1-4H3/t20-,21-/m1/s1. The van der Waals surface area contributed by atoms with Crippen molar-refractivity contribution in [3.63, 3.8) is 0 Å². The summed E-state index contributed by atoms with van der Waals surface area (Å²) in [5, 5.41) is 0. The van der Waals surface area contributed by atoms with Gasteiger partial charge in [0, 0.05) is 38.8 Å². The van der Waals surface area contributed by atoms with Crippen molar-refractivity contribution in [2.45, 2.75) is 64.6 Å². The lowest BCUT2D eigenvalue weighted by Gasteiger charge is -2.42. The van der Waals surface area contributed by atoms with Gasteiger partial charge in [-0.2, -0.15) is 0 Å². The summed E-state index contributed by atoms with van der Waals surface area (Å²) in [5.41, 5.74) is 0.428. The molecule has 3 rings (SSSR count). The molecule has 0 aliphatic carbocycles. The van der Waals surface area contributed by atoms with Gasteiger partial charge in [-0.15, -0.1) is 0 Å². The molecule has 1 aromatic carbocycles. The number of carbonyl (C=O) groups excluding carboxylic acids is 2. The third-order valence-corrected chi connectivity index (χ3v) is 7.44. The molecule has 8 nitrogen and oxygen atoms in total. The Hall–Kier alpha value is -2.13. The molecule has 2 amide bonds. The molecule has 2 fully saturated rings. The molecule has 33 heavy (non-hydrogen) atoms. The molecule has 9 heteroatoms. The van der Waals surface area contributed by atoms with E-state index in [0.717, 1.165) is 18.4 Å². The Balaban J connectivity index is 1.80. The first-order valence-corrected chi connectivity index (χ1v) is 13.6. The quantitative estimate of drug-likeness (QED) is 0.648. The number of piperidine rings is 2.